The number of methoxy groups -OCH3 is 1. The van der Waals surface area contributed by atoms with Crippen LogP contribution in [0.5, 0.6) is 17.4 Å². The maximum atomic E-state index is 14.3. The summed E-state index contributed by atoms with van der Waals surface area (Å²) in [6.07, 6.45) is 0.312. The lowest BCUT2D eigenvalue weighted by Crippen LogP contribution is -2.28. The Kier molecular flexibility index (Phi) is 6.05. The molecule has 0 aliphatic carbocycles. The van der Waals surface area contributed by atoms with Gasteiger partial charge >= 0.3 is 0 Å². The molecule has 2 heterocycles. The number of rotatable bonds is 5. The molecule has 1 N–H and O–H groups in total. The largest absolute Gasteiger partial charge is 0.493 e. The van der Waals surface area contributed by atoms with Gasteiger partial charge in [-0.05, 0) is 49.7 Å². The number of ether oxygens (including phenoxy) is 2. The molecule has 184 valence electrons. The number of benzene rings is 3. The Balaban J connectivity index is 1.62. The fourth-order valence-corrected chi connectivity index (χ4v) is 4.61. The molecule has 0 spiro atoms. The van der Waals surface area contributed by atoms with Gasteiger partial charge in [-0.25, -0.2) is 13.8 Å². The number of anilines is 1. The molecule has 36 heavy (non-hydrogen) atoms. The smallest absolute Gasteiger partial charge is 0.278 e. The first kappa shape index (κ1) is 23.7. The lowest BCUT2D eigenvalue weighted by atomic mass is 10.0. The average Bonchev–Trinajstić information content (AvgIpc) is 3.09. The number of nitrogens with one attached hydrogen (secondary N) is 1. The highest BCUT2D eigenvalue weighted by Gasteiger charge is 2.31. The molecule has 1 amide bonds. The van der Waals surface area contributed by atoms with Crippen LogP contribution in [0.4, 0.5) is 10.1 Å². The number of para-hydroxylation sites is 1. The van der Waals surface area contributed by atoms with E-state index in [1.54, 1.807) is 6.07 Å². The molecule has 4 aromatic rings. The van der Waals surface area contributed by atoms with Crippen LogP contribution >= 0.6 is 11.6 Å². The molecule has 3 aromatic carbocycles. The Hall–Kier alpha value is -4.04. The van der Waals surface area contributed by atoms with Gasteiger partial charge in [0.05, 0.1) is 24.0 Å². The molecule has 7 nitrogen and oxygen atoms in total. The second-order valence-corrected chi connectivity index (χ2v) is 9.08. The van der Waals surface area contributed by atoms with E-state index in [-0.39, 0.29) is 28.7 Å². The third-order valence-electron chi connectivity index (χ3n) is 6.11. The molecule has 0 atom stereocenters. The van der Waals surface area contributed by atoms with Crippen LogP contribution in [-0.4, -0.2) is 22.4 Å². The number of carbonyl (C=O) groups is 1. The minimum atomic E-state index is -0.660. The number of nitrogens with zero attached hydrogens (tertiary/aromatic N) is 2. The zero-order chi connectivity index (χ0) is 25.6. The molecule has 0 radical (unpaired) electrons. The van der Waals surface area contributed by atoms with Crippen LogP contribution in [0.15, 0.2) is 59.4 Å². The molecule has 1 aromatic heterocycles. The molecule has 0 unspecified atom stereocenters. The van der Waals surface area contributed by atoms with Gasteiger partial charge in [0.1, 0.15) is 12.4 Å². The van der Waals surface area contributed by atoms with Gasteiger partial charge in [-0.2, -0.15) is 0 Å². The zero-order valence-corrected chi connectivity index (χ0v) is 20.6. The Morgan fingerprint density at radius 3 is 2.69 bits per heavy atom. The summed E-state index contributed by atoms with van der Waals surface area (Å²) in [6.45, 7) is 3.56. The predicted octanol–water partition coefficient (Wildman–Crippen LogP) is 5.39. The number of carbonyl (C=O) groups excluding carboxylic acids is 1. The predicted molar refractivity (Wildman–Crippen MR) is 135 cm³/mol. The van der Waals surface area contributed by atoms with Gasteiger partial charge in [-0.1, -0.05) is 41.4 Å². The van der Waals surface area contributed by atoms with Crippen LogP contribution in [0.25, 0.3) is 5.69 Å². The molecule has 5 rings (SSSR count). The van der Waals surface area contributed by atoms with Crippen molar-refractivity contribution in [1.82, 2.24) is 9.36 Å². The Morgan fingerprint density at radius 2 is 1.97 bits per heavy atom. The van der Waals surface area contributed by atoms with Gasteiger partial charge in [0, 0.05) is 17.0 Å². The number of aromatic nitrogens is 2. The molecule has 1 aliphatic heterocycles. The Bertz CT molecular complexity index is 1570. The summed E-state index contributed by atoms with van der Waals surface area (Å²) in [5.41, 5.74) is 3.42. The molecule has 0 saturated heterocycles. The van der Waals surface area contributed by atoms with E-state index in [1.807, 2.05) is 44.2 Å². The van der Waals surface area contributed by atoms with Crippen molar-refractivity contribution in [3.8, 4) is 23.1 Å². The molecule has 0 bridgehead atoms. The third-order valence-corrected chi connectivity index (χ3v) is 6.35. The van der Waals surface area contributed by atoms with E-state index in [0.29, 0.717) is 29.2 Å². The van der Waals surface area contributed by atoms with Crippen LogP contribution in [-0.2, 0) is 17.8 Å². The van der Waals surface area contributed by atoms with E-state index in [1.165, 1.54) is 28.6 Å². The SMILES string of the molecule is COc1cccc2c1Oc1c(c(=O)n(-c3ccc(C)cc3C)n1CC(=O)Nc1ccc(Cl)cc1F)C2. The highest BCUT2D eigenvalue weighted by atomic mass is 35.5. The van der Waals surface area contributed by atoms with E-state index in [0.717, 1.165) is 22.8 Å². The van der Waals surface area contributed by atoms with E-state index < -0.39 is 11.7 Å². The van der Waals surface area contributed by atoms with E-state index >= 15 is 0 Å². The van der Waals surface area contributed by atoms with Crippen LogP contribution in [0.3, 0.4) is 0 Å². The normalized spacial score (nSPS) is 11.9. The summed E-state index contributed by atoms with van der Waals surface area (Å²) in [4.78, 5) is 26.8. The van der Waals surface area contributed by atoms with Crippen molar-refractivity contribution in [2.45, 2.75) is 26.8 Å². The first-order valence-electron chi connectivity index (χ1n) is 11.3. The number of amides is 1. The maximum absolute atomic E-state index is 14.3. The van der Waals surface area contributed by atoms with Gasteiger partial charge in [-0.3, -0.25) is 9.59 Å². The number of hydrogen-bond acceptors (Lipinski definition) is 4. The van der Waals surface area contributed by atoms with Crippen molar-refractivity contribution in [2.24, 2.45) is 0 Å². The van der Waals surface area contributed by atoms with E-state index in [4.69, 9.17) is 21.1 Å². The van der Waals surface area contributed by atoms with Crippen LogP contribution in [0, 0.1) is 19.7 Å². The van der Waals surface area contributed by atoms with E-state index in [9.17, 15) is 14.0 Å². The van der Waals surface area contributed by atoms with Gasteiger partial charge < -0.3 is 14.8 Å². The quantitative estimate of drug-likeness (QED) is 0.346. The molecular formula is C27H23ClFN3O4. The molecular weight excluding hydrogens is 485 g/mol. The topological polar surface area (TPSA) is 74.5 Å². The number of hydrogen-bond donors (Lipinski definition) is 1. The van der Waals surface area contributed by atoms with Crippen LogP contribution in [0.2, 0.25) is 5.02 Å². The summed E-state index contributed by atoms with van der Waals surface area (Å²) in [7, 11) is 1.54. The summed E-state index contributed by atoms with van der Waals surface area (Å²) in [5.74, 6) is 0.0463. The summed E-state index contributed by atoms with van der Waals surface area (Å²) < 4.78 is 28.9. The van der Waals surface area contributed by atoms with Gasteiger partial charge in [-0.15, -0.1) is 0 Å². The van der Waals surface area contributed by atoms with Gasteiger partial charge in [0.15, 0.2) is 11.5 Å². The molecule has 1 aliphatic rings. The minimum Gasteiger partial charge on any atom is -0.493 e. The fraction of sp³-hybridized carbons (Fsp3) is 0.185. The summed E-state index contributed by atoms with van der Waals surface area (Å²) >= 11 is 5.82. The standard InChI is InChI=1S/C27H23ClFN3O4/c1-15-7-10-22(16(2)11-15)32-26(34)19-12-17-5-4-6-23(35-3)25(17)36-27(19)31(32)14-24(33)30-21-9-8-18(28)13-20(21)29/h4-11,13H,12,14H2,1-3H3,(H,30,33). The second-order valence-electron chi connectivity index (χ2n) is 8.65. The van der Waals surface area contributed by atoms with Crippen molar-refractivity contribution in [3.05, 3.63) is 98.0 Å². The van der Waals surface area contributed by atoms with Crippen molar-refractivity contribution < 1.29 is 18.7 Å². The monoisotopic (exact) mass is 507 g/mol. The summed E-state index contributed by atoms with van der Waals surface area (Å²) in [5, 5.41) is 2.77. The average molecular weight is 508 g/mol. The summed E-state index contributed by atoms with van der Waals surface area (Å²) in [6, 6.07) is 15.1. The first-order valence-corrected chi connectivity index (χ1v) is 11.7. The van der Waals surface area contributed by atoms with Crippen molar-refractivity contribution in [2.75, 3.05) is 12.4 Å². The van der Waals surface area contributed by atoms with Gasteiger partial charge in [0.25, 0.3) is 5.56 Å². The molecule has 9 heteroatoms. The van der Waals surface area contributed by atoms with Crippen LogP contribution in [0.1, 0.15) is 22.3 Å². The maximum Gasteiger partial charge on any atom is 0.278 e. The third kappa shape index (κ3) is 4.13. The lowest BCUT2D eigenvalue weighted by Gasteiger charge is -2.21. The van der Waals surface area contributed by atoms with Crippen LogP contribution < -0.4 is 20.3 Å². The first-order chi connectivity index (χ1) is 17.3. The second kappa shape index (κ2) is 9.20. The highest BCUT2D eigenvalue weighted by molar-refractivity contribution is 6.30. The minimum absolute atomic E-state index is 0.0150. The number of halogens is 2. The van der Waals surface area contributed by atoms with E-state index in [2.05, 4.69) is 5.32 Å². The Labute approximate surface area is 211 Å². The van der Waals surface area contributed by atoms with Crippen molar-refractivity contribution >= 4 is 23.2 Å². The van der Waals surface area contributed by atoms with Crippen molar-refractivity contribution in [1.29, 1.82) is 0 Å². The van der Waals surface area contributed by atoms with Gasteiger partial charge in [0.2, 0.25) is 11.8 Å². The lowest BCUT2D eigenvalue weighted by molar-refractivity contribution is -0.117. The van der Waals surface area contributed by atoms with Crippen molar-refractivity contribution in [3.63, 3.8) is 0 Å². The highest BCUT2D eigenvalue weighted by Crippen LogP contribution is 2.42. The molecule has 0 saturated carbocycles. The zero-order valence-electron chi connectivity index (χ0n) is 19.9. The number of aryl methyl sites for hydroxylation is 2. The molecule has 0 fully saturated rings. The number of fused-ring (bicyclic) bond motifs is 2. The Morgan fingerprint density at radius 1 is 1.17 bits per heavy atom. The fourth-order valence-electron chi connectivity index (χ4n) is 4.45.